The normalized spacial score (nSPS) is 20.7. The fourth-order valence-electron chi connectivity index (χ4n) is 3.51. The third-order valence-electron chi connectivity index (χ3n) is 4.46. The van der Waals surface area contributed by atoms with Crippen molar-refractivity contribution in [1.82, 2.24) is 0 Å². The maximum Gasteiger partial charge on any atom is 0.0975 e. The molecule has 0 aliphatic carbocycles. The van der Waals surface area contributed by atoms with Crippen LogP contribution in [0.2, 0.25) is 0 Å². The Balaban J connectivity index is 0.00000200. The van der Waals surface area contributed by atoms with Crippen LogP contribution < -0.4 is 24.0 Å². The van der Waals surface area contributed by atoms with E-state index in [1.54, 1.807) is 0 Å². The number of benzene rings is 1. The first-order valence-electron chi connectivity index (χ1n) is 7.42. The van der Waals surface area contributed by atoms with E-state index in [1.807, 2.05) is 0 Å². The monoisotopic (exact) mass is 383 g/mol. The van der Waals surface area contributed by atoms with E-state index in [0.717, 1.165) is 17.6 Å². The molecule has 2 rings (SSSR count). The highest BCUT2D eigenvalue weighted by Gasteiger charge is 2.37. The molecule has 1 heterocycles. The van der Waals surface area contributed by atoms with E-state index in [-0.39, 0.29) is 24.0 Å². The van der Waals surface area contributed by atoms with Crippen molar-refractivity contribution in [3.05, 3.63) is 61.2 Å². The molecule has 1 unspecified atom stereocenters. The van der Waals surface area contributed by atoms with Crippen molar-refractivity contribution >= 4 is 0 Å². The lowest BCUT2D eigenvalue weighted by Crippen LogP contribution is -3.00. The van der Waals surface area contributed by atoms with Crippen LogP contribution in [0.1, 0.15) is 24.8 Å². The van der Waals surface area contributed by atoms with Crippen LogP contribution in [0, 0.1) is 0 Å². The van der Waals surface area contributed by atoms with Crippen LogP contribution in [0.15, 0.2) is 55.6 Å². The largest absolute Gasteiger partial charge is 1.00 e. The van der Waals surface area contributed by atoms with Crippen molar-refractivity contribution in [2.75, 3.05) is 19.6 Å². The Bertz CT molecular complexity index is 403. The van der Waals surface area contributed by atoms with Gasteiger partial charge in [0, 0.05) is 12.8 Å². The minimum Gasteiger partial charge on any atom is -1.00 e. The molecule has 1 aliphatic rings. The Hall–Kier alpha value is -0.610. The number of hydrogen-bond donors (Lipinski definition) is 0. The molecule has 0 spiro atoms. The van der Waals surface area contributed by atoms with Gasteiger partial charge in [0.1, 0.15) is 0 Å². The van der Waals surface area contributed by atoms with E-state index in [9.17, 15) is 0 Å². The van der Waals surface area contributed by atoms with Crippen molar-refractivity contribution in [2.24, 2.45) is 0 Å². The quantitative estimate of drug-likeness (QED) is 0.390. The van der Waals surface area contributed by atoms with Crippen LogP contribution in [-0.4, -0.2) is 30.2 Å². The summed E-state index contributed by atoms with van der Waals surface area (Å²) in [4.78, 5) is 0. The molecule has 1 aromatic carbocycles. The minimum absolute atomic E-state index is 0. The molecule has 2 heteroatoms. The maximum atomic E-state index is 3.97. The van der Waals surface area contributed by atoms with Gasteiger partial charge >= 0.3 is 0 Å². The zero-order valence-electron chi connectivity index (χ0n) is 12.3. The van der Waals surface area contributed by atoms with Crippen molar-refractivity contribution < 1.29 is 28.5 Å². The lowest BCUT2D eigenvalue weighted by Gasteiger charge is -2.47. The molecular formula is C18H26IN. The summed E-state index contributed by atoms with van der Waals surface area (Å²) in [5.41, 5.74) is 1.46. The molecule has 1 atom stereocenters. The summed E-state index contributed by atoms with van der Waals surface area (Å²) in [5, 5.41) is 0. The van der Waals surface area contributed by atoms with Crippen LogP contribution in [0.4, 0.5) is 0 Å². The molecule has 1 fully saturated rings. The van der Waals surface area contributed by atoms with Gasteiger partial charge in [0.05, 0.1) is 25.7 Å². The van der Waals surface area contributed by atoms with Gasteiger partial charge in [-0.2, -0.15) is 0 Å². The first kappa shape index (κ1) is 17.4. The molecule has 0 amide bonds. The molecule has 0 bridgehead atoms. The van der Waals surface area contributed by atoms with E-state index in [4.69, 9.17) is 0 Å². The van der Waals surface area contributed by atoms with Gasteiger partial charge < -0.3 is 28.5 Å². The first-order valence-corrected chi connectivity index (χ1v) is 7.42. The number of hydrogen-bond acceptors (Lipinski definition) is 0. The van der Waals surface area contributed by atoms with Crippen LogP contribution in [0.5, 0.6) is 0 Å². The van der Waals surface area contributed by atoms with E-state index >= 15 is 0 Å². The SMILES string of the molecule is C=CC[N+]1(CC=C)CCCCC1Cc1ccccc1.[I-]. The Morgan fingerprint density at radius 1 is 1.05 bits per heavy atom. The Labute approximate surface area is 141 Å². The number of likely N-dealkylation sites (tertiary alicyclic amines) is 1. The fraction of sp³-hybridized carbons (Fsp3) is 0.444. The van der Waals surface area contributed by atoms with E-state index in [2.05, 4.69) is 55.6 Å². The van der Waals surface area contributed by atoms with E-state index in [1.165, 1.54) is 37.8 Å². The molecule has 1 aliphatic heterocycles. The topological polar surface area (TPSA) is 0 Å². The molecule has 0 aromatic heterocycles. The molecule has 1 nitrogen and oxygen atoms in total. The Morgan fingerprint density at radius 2 is 1.70 bits per heavy atom. The lowest BCUT2D eigenvalue weighted by atomic mass is 9.92. The van der Waals surface area contributed by atoms with Gasteiger partial charge in [-0.05, 0) is 30.6 Å². The average molecular weight is 383 g/mol. The van der Waals surface area contributed by atoms with Gasteiger partial charge in [0.25, 0.3) is 0 Å². The highest BCUT2D eigenvalue weighted by Crippen LogP contribution is 2.28. The fourth-order valence-corrected chi connectivity index (χ4v) is 3.51. The predicted octanol–water partition coefficient (Wildman–Crippen LogP) is 0.974. The highest BCUT2D eigenvalue weighted by molar-refractivity contribution is 5.15. The number of quaternary nitrogens is 1. The number of rotatable bonds is 6. The van der Waals surface area contributed by atoms with Gasteiger partial charge in [-0.3, -0.25) is 0 Å². The summed E-state index contributed by atoms with van der Waals surface area (Å²) in [6.07, 6.45) is 9.40. The second-order valence-electron chi connectivity index (χ2n) is 5.72. The molecule has 110 valence electrons. The summed E-state index contributed by atoms with van der Waals surface area (Å²) in [6.45, 7) is 11.4. The van der Waals surface area contributed by atoms with Gasteiger partial charge in [0.2, 0.25) is 0 Å². The van der Waals surface area contributed by atoms with Crippen molar-refractivity contribution in [3.8, 4) is 0 Å². The van der Waals surface area contributed by atoms with Crippen LogP contribution >= 0.6 is 0 Å². The highest BCUT2D eigenvalue weighted by atomic mass is 127. The van der Waals surface area contributed by atoms with Crippen molar-refractivity contribution in [3.63, 3.8) is 0 Å². The minimum atomic E-state index is 0. The maximum absolute atomic E-state index is 3.97. The number of halogens is 1. The molecular weight excluding hydrogens is 357 g/mol. The predicted molar refractivity (Wildman–Crippen MR) is 83.0 cm³/mol. The first-order chi connectivity index (χ1) is 9.30. The molecule has 0 N–H and O–H groups in total. The molecule has 0 saturated carbocycles. The van der Waals surface area contributed by atoms with E-state index in [0.29, 0.717) is 6.04 Å². The molecule has 20 heavy (non-hydrogen) atoms. The third-order valence-corrected chi connectivity index (χ3v) is 4.46. The zero-order valence-corrected chi connectivity index (χ0v) is 14.5. The number of nitrogens with zero attached hydrogens (tertiary/aromatic N) is 1. The van der Waals surface area contributed by atoms with Crippen LogP contribution in [-0.2, 0) is 6.42 Å². The Morgan fingerprint density at radius 3 is 2.30 bits per heavy atom. The zero-order chi connectivity index (χ0) is 13.6. The van der Waals surface area contributed by atoms with E-state index < -0.39 is 0 Å². The molecule has 1 saturated heterocycles. The van der Waals surface area contributed by atoms with Crippen molar-refractivity contribution in [2.45, 2.75) is 31.7 Å². The summed E-state index contributed by atoms with van der Waals surface area (Å²) < 4.78 is 1.15. The van der Waals surface area contributed by atoms with Crippen molar-refractivity contribution in [1.29, 1.82) is 0 Å². The summed E-state index contributed by atoms with van der Waals surface area (Å²) >= 11 is 0. The lowest BCUT2D eigenvalue weighted by molar-refractivity contribution is -0.945. The van der Waals surface area contributed by atoms with Gasteiger partial charge in [-0.25, -0.2) is 0 Å². The van der Waals surface area contributed by atoms with Gasteiger partial charge in [-0.1, -0.05) is 43.5 Å². The summed E-state index contributed by atoms with van der Waals surface area (Å²) in [6, 6.07) is 11.6. The van der Waals surface area contributed by atoms with Gasteiger partial charge in [0.15, 0.2) is 0 Å². The molecule has 1 aromatic rings. The smallest absolute Gasteiger partial charge is 0.0975 e. The second-order valence-corrected chi connectivity index (χ2v) is 5.72. The summed E-state index contributed by atoms with van der Waals surface area (Å²) in [5.74, 6) is 0. The average Bonchev–Trinajstić information content (AvgIpc) is 2.43. The van der Waals surface area contributed by atoms with Crippen LogP contribution in [0.25, 0.3) is 0 Å². The second kappa shape index (κ2) is 8.63. The third kappa shape index (κ3) is 4.19. The number of piperidine rings is 1. The van der Waals surface area contributed by atoms with Gasteiger partial charge in [-0.15, -0.1) is 0 Å². The standard InChI is InChI=1S/C18H26N.HI/c1-3-13-19(14-4-2)15-9-8-12-18(19)16-17-10-6-5-7-11-17;/h3-7,10-11,18H,1-2,8-9,12-16H2;1H/q+1;/p-1. The van der Waals surface area contributed by atoms with Crippen LogP contribution in [0.3, 0.4) is 0 Å². The molecule has 0 radical (unpaired) electrons. The Kier molecular flexibility index (Phi) is 7.52. The summed E-state index contributed by atoms with van der Waals surface area (Å²) in [7, 11) is 0.